The molecule has 32 heavy (non-hydrogen) atoms. The van der Waals surface area contributed by atoms with Gasteiger partial charge in [-0.15, -0.1) is 0 Å². The maximum Gasteiger partial charge on any atom is 0.252 e. The highest BCUT2D eigenvalue weighted by Crippen LogP contribution is 2.39. The van der Waals surface area contributed by atoms with Crippen molar-refractivity contribution in [3.63, 3.8) is 0 Å². The van der Waals surface area contributed by atoms with Gasteiger partial charge < -0.3 is 15.3 Å². The van der Waals surface area contributed by atoms with Crippen molar-refractivity contribution in [2.24, 2.45) is 0 Å². The number of rotatable bonds is 5. The van der Waals surface area contributed by atoms with E-state index < -0.39 is 0 Å². The van der Waals surface area contributed by atoms with Crippen molar-refractivity contribution in [2.45, 2.75) is 50.2 Å². The number of aliphatic hydroxyl groups is 1. The Morgan fingerprint density at radius 2 is 1.84 bits per heavy atom. The average molecular weight is 437 g/mol. The third-order valence-electron chi connectivity index (χ3n) is 7.40. The van der Waals surface area contributed by atoms with E-state index in [0.717, 1.165) is 57.4 Å². The molecule has 2 N–H and O–H groups in total. The molecule has 2 fully saturated rings. The van der Waals surface area contributed by atoms with Crippen LogP contribution in [0.5, 0.6) is 0 Å². The molecule has 2 heterocycles. The van der Waals surface area contributed by atoms with Gasteiger partial charge in [-0.25, -0.2) is 0 Å². The summed E-state index contributed by atoms with van der Waals surface area (Å²) in [6.45, 7) is 6.62. The van der Waals surface area contributed by atoms with E-state index in [1.54, 1.807) is 12.4 Å². The molecule has 2 aliphatic rings. The second-order valence-corrected chi connectivity index (χ2v) is 9.63. The third kappa shape index (κ3) is 5.20. The second kappa shape index (κ2) is 10.1. The number of aryl methyl sites for hydroxylation is 1. The number of aliphatic hydroxyl groups excluding tert-OH is 1. The molecular weight excluding hydrogens is 400 g/mol. The minimum Gasteiger partial charge on any atom is -0.391 e. The van der Waals surface area contributed by atoms with Crippen LogP contribution in [0.3, 0.4) is 0 Å². The lowest BCUT2D eigenvalue weighted by Crippen LogP contribution is -2.52. The molecule has 172 valence electrons. The number of carbonyl (C=O) groups is 1. The zero-order valence-electron chi connectivity index (χ0n) is 19.3. The molecule has 0 bridgehead atoms. The molecule has 4 rings (SSSR count). The van der Waals surface area contributed by atoms with E-state index in [1.807, 2.05) is 19.1 Å². The highest BCUT2D eigenvalue weighted by Gasteiger charge is 2.40. The molecule has 1 saturated carbocycles. The zero-order valence-corrected chi connectivity index (χ0v) is 19.3. The van der Waals surface area contributed by atoms with Crippen LogP contribution in [0.2, 0.25) is 0 Å². The average Bonchev–Trinajstić information content (AvgIpc) is 2.98. The van der Waals surface area contributed by atoms with Crippen LogP contribution in [0, 0.1) is 6.92 Å². The summed E-state index contributed by atoms with van der Waals surface area (Å²) in [7, 11) is 2.16. The smallest absolute Gasteiger partial charge is 0.252 e. The lowest BCUT2D eigenvalue weighted by molar-refractivity contribution is 0.0200. The van der Waals surface area contributed by atoms with Gasteiger partial charge in [-0.3, -0.25) is 14.7 Å². The lowest BCUT2D eigenvalue weighted by Gasteiger charge is -2.39. The SMILES string of the molecule is Cc1cncc(C(=O)NC[C@@]2(c3ccccc3)CC[C@H](O)[C@@H](N3CCN(C)CC3)CC2)c1. The van der Waals surface area contributed by atoms with Crippen molar-refractivity contribution in [1.29, 1.82) is 0 Å². The Morgan fingerprint density at radius 3 is 2.56 bits per heavy atom. The van der Waals surface area contributed by atoms with E-state index in [0.29, 0.717) is 12.1 Å². The van der Waals surface area contributed by atoms with Gasteiger partial charge in [-0.05, 0) is 56.8 Å². The first-order valence-corrected chi connectivity index (χ1v) is 11.8. The van der Waals surface area contributed by atoms with Gasteiger partial charge in [-0.1, -0.05) is 30.3 Å². The second-order valence-electron chi connectivity index (χ2n) is 9.63. The maximum absolute atomic E-state index is 12.9. The predicted molar refractivity (Wildman–Crippen MR) is 127 cm³/mol. The Bertz CT molecular complexity index is 898. The predicted octanol–water partition coefficient (Wildman–Crippen LogP) is 2.61. The monoisotopic (exact) mass is 436 g/mol. The Labute approximate surface area is 191 Å². The van der Waals surface area contributed by atoms with Gasteiger partial charge in [0.2, 0.25) is 0 Å². The van der Waals surface area contributed by atoms with Crippen molar-refractivity contribution in [2.75, 3.05) is 39.8 Å². The van der Waals surface area contributed by atoms with Crippen LogP contribution in [-0.4, -0.2) is 77.7 Å². The molecule has 6 heteroatoms. The van der Waals surface area contributed by atoms with Gasteiger partial charge >= 0.3 is 0 Å². The van der Waals surface area contributed by atoms with Crippen LogP contribution in [0.25, 0.3) is 0 Å². The molecule has 1 amide bonds. The van der Waals surface area contributed by atoms with Gasteiger partial charge in [0.15, 0.2) is 0 Å². The van der Waals surface area contributed by atoms with Crippen molar-refractivity contribution in [1.82, 2.24) is 20.1 Å². The van der Waals surface area contributed by atoms with Gasteiger partial charge in [0.25, 0.3) is 5.91 Å². The summed E-state index contributed by atoms with van der Waals surface area (Å²) >= 11 is 0. The molecule has 1 saturated heterocycles. The molecule has 6 nitrogen and oxygen atoms in total. The first kappa shape index (κ1) is 22.9. The first-order chi connectivity index (χ1) is 15.5. The molecular formula is C26H36N4O2. The number of likely N-dealkylation sites (N-methyl/N-ethyl adjacent to an activating group) is 1. The fourth-order valence-electron chi connectivity index (χ4n) is 5.33. The molecule has 1 aliphatic carbocycles. The van der Waals surface area contributed by atoms with Crippen molar-refractivity contribution < 1.29 is 9.90 Å². The fourth-order valence-corrected chi connectivity index (χ4v) is 5.33. The third-order valence-corrected chi connectivity index (χ3v) is 7.40. The summed E-state index contributed by atoms with van der Waals surface area (Å²) in [6, 6.07) is 12.6. The van der Waals surface area contributed by atoms with Crippen LogP contribution >= 0.6 is 0 Å². The summed E-state index contributed by atoms with van der Waals surface area (Å²) in [5.74, 6) is -0.0862. The number of aromatic nitrogens is 1. The van der Waals surface area contributed by atoms with Gasteiger partial charge in [0, 0.05) is 56.6 Å². The molecule has 1 aromatic carbocycles. The normalized spacial score (nSPS) is 27.6. The zero-order chi connectivity index (χ0) is 22.6. The number of benzene rings is 1. The summed E-state index contributed by atoms with van der Waals surface area (Å²) in [6.07, 6.45) is 6.52. The number of hydrogen-bond acceptors (Lipinski definition) is 5. The molecule has 3 atom stereocenters. The highest BCUT2D eigenvalue weighted by atomic mass is 16.3. The van der Waals surface area contributed by atoms with Gasteiger partial charge in [-0.2, -0.15) is 0 Å². The Morgan fingerprint density at radius 1 is 1.12 bits per heavy atom. The van der Waals surface area contributed by atoms with Crippen LogP contribution in [0.4, 0.5) is 0 Å². The minimum absolute atomic E-state index is 0.0862. The summed E-state index contributed by atoms with van der Waals surface area (Å²) in [5, 5.41) is 14.3. The van der Waals surface area contributed by atoms with Crippen LogP contribution < -0.4 is 5.32 Å². The largest absolute Gasteiger partial charge is 0.391 e. The van der Waals surface area contributed by atoms with Gasteiger partial charge in [0.05, 0.1) is 11.7 Å². The number of piperazine rings is 1. The van der Waals surface area contributed by atoms with E-state index in [2.05, 4.69) is 51.4 Å². The molecule has 1 aromatic heterocycles. The fraction of sp³-hybridized carbons (Fsp3) is 0.538. The Balaban J connectivity index is 1.52. The van der Waals surface area contributed by atoms with Crippen LogP contribution in [0.1, 0.15) is 47.2 Å². The molecule has 2 aromatic rings. The topological polar surface area (TPSA) is 68.7 Å². The van der Waals surface area contributed by atoms with E-state index in [4.69, 9.17) is 0 Å². The van der Waals surface area contributed by atoms with Gasteiger partial charge in [0.1, 0.15) is 0 Å². The lowest BCUT2D eigenvalue weighted by atomic mass is 9.74. The standard InChI is InChI=1S/C26H36N4O2/c1-20-16-21(18-27-17-20)25(32)28-19-26(22-6-4-3-5-7-22)10-8-23(24(31)9-11-26)30-14-12-29(2)13-15-30/h3-7,16-18,23-24,31H,8-15,19H2,1-2H3,(H,28,32)/t23-,24-,26-/m0/s1. The van der Waals surface area contributed by atoms with E-state index >= 15 is 0 Å². The molecule has 0 unspecified atom stereocenters. The highest BCUT2D eigenvalue weighted by molar-refractivity contribution is 5.94. The van der Waals surface area contributed by atoms with Crippen molar-refractivity contribution >= 4 is 5.91 Å². The maximum atomic E-state index is 12.9. The molecule has 0 radical (unpaired) electrons. The number of pyridine rings is 1. The van der Waals surface area contributed by atoms with E-state index in [9.17, 15) is 9.90 Å². The number of amides is 1. The van der Waals surface area contributed by atoms with Crippen LogP contribution in [-0.2, 0) is 5.41 Å². The Kier molecular flexibility index (Phi) is 7.23. The summed E-state index contributed by atoms with van der Waals surface area (Å²) in [5.41, 5.74) is 2.63. The van der Waals surface area contributed by atoms with Crippen molar-refractivity contribution in [3.8, 4) is 0 Å². The minimum atomic E-state index is -0.333. The van der Waals surface area contributed by atoms with E-state index in [-0.39, 0.29) is 23.5 Å². The van der Waals surface area contributed by atoms with Crippen molar-refractivity contribution in [3.05, 3.63) is 65.5 Å². The number of hydrogen-bond donors (Lipinski definition) is 2. The molecule has 0 spiro atoms. The Hall–Kier alpha value is -2.28. The molecule has 1 aliphatic heterocycles. The number of carbonyl (C=O) groups excluding carboxylic acids is 1. The summed E-state index contributed by atoms with van der Waals surface area (Å²) in [4.78, 5) is 21.9. The number of nitrogens with one attached hydrogen (secondary N) is 1. The first-order valence-electron chi connectivity index (χ1n) is 11.8. The number of nitrogens with zero attached hydrogens (tertiary/aromatic N) is 3. The quantitative estimate of drug-likeness (QED) is 0.706. The van der Waals surface area contributed by atoms with E-state index in [1.165, 1.54) is 5.56 Å². The summed E-state index contributed by atoms with van der Waals surface area (Å²) < 4.78 is 0. The van der Waals surface area contributed by atoms with Crippen LogP contribution in [0.15, 0.2) is 48.8 Å².